The number of amides is 2. The summed E-state index contributed by atoms with van der Waals surface area (Å²) in [5.41, 5.74) is 0.420. The average Bonchev–Trinajstić information content (AvgIpc) is 2.75. The topological polar surface area (TPSA) is 86.8 Å². The third-order valence-electron chi connectivity index (χ3n) is 5.24. The second-order valence-electron chi connectivity index (χ2n) is 7.86. The summed E-state index contributed by atoms with van der Waals surface area (Å²) >= 11 is 6.01. The Bertz CT molecular complexity index is 1100. The first-order chi connectivity index (χ1) is 15.4. The van der Waals surface area contributed by atoms with E-state index in [1.165, 1.54) is 42.2 Å². The molecule has 0 heterocycles. The predicted molar refractivity (Wildman–Crippen MR) is 128 cm³/mol. The second-order valence-corrected chi connectivity index (χ2v) is 10.2. The zero-order valence-electron chi connectivity index (χ0n) is 19.1. The van der Waals surface area contributed by atoms with Gasteiger partial charge in [-0.1, -0.05) is 42.8 Å². The molecule has 0 bridgehead atoms. The first-order valence-electron chi connectivity index (χ1n) is 10.5. The molecule has 0 spiro atoms. The number of carbonyl (C=O) groups excluding carboxylic acids is 2. The highest BCUT2D eigenvalue weighted by Crippen LogP contribution is 2.23. The van der Waals surface area contributed by atoms with Crippen molar-refractivity contribution >= 4 is 39.1 Å². The Hall–Kier alpha value is -2.65. The Morgan fingerprint density at radius 2 is 1.79 bits per heavy atom. The smallest absolute Gasteiger partial charge is 0.244 e. The van der Waals surface area contributed by atoms with Gasteiger partial charge in [0, 0.05) is 23.2 Å². The van der Waals surface area contributed by atoms with E-state index < -0.39 is 40.2 Å². The molecule has 2 rings (SSSR count). The van der Waals surface area contributed by atoms with Crippen molar-refractivity contribution in [1.29, 1.82) is 0 Å². The number of hydrogen-bond donors (Lipinski definition) is 1. The number of halogens is 2. The Kier molecular flexibility index (Phi) is 9.25. The van der Waals surface area contributed by atoms with Crippen LogP contribution in [0, 0.1) is 5.82 Å². The summed E-state index contributed by atoms with van der Waals surface area (Å²) in [5.74, 6) is -1.60. The van der Waals surface area contributed by atoms with Gasteiger partial charge in [0.05, 0.1) is 11.9 Å². The molecular weight excluding hydrogens is 469 g/mol. The quantitative estimate of drug-likeness (QED) is 0.543. The third-order valence-corrected chi connectivity index (χ3v) is 6.62. The molecule has 0 saturated heterocycles. The molecule has 0 fully saturated rings. The van der Waals surface area contributed by atoms with Gasteiger partial charge in [-0.15, -0.1) is 0 Å². The number of hydrogen-bond acceptors (Lipinski definition) is 4. The molecule has 0 saturated carbocycles. The van der Waals surface area contributed by atoms with E-state index in [1.54, 1.807) is 18.2 Å². The van der Waals surface area contributed by atoms with Gasteiger partial charge in [-0.2, -0.15) is 0 Å². The maximum atomic E-state index is 14.3. The molecule has 2 aromatic carbocycles. The molecule has 1 N–H and O–H groups in total. The summed E-state index contributed by atoms with van der Waals surface area (Å²) in [7, 11) is -3.86. The molecule has 2 amide bonds. The molecule has 180 valence electrons. The van der Waals surface area contributed by atoms with Crippen LogP contribution in [-0.2, 0) is 26.2 Å². The number of rotatable bonds is 10. The van der Waals surface area contributed by atoms with Crippen molar-refractivity contribution in [3.05, 3.63) is 64.9 Å². The number of anilines is 1. The molecule has 0 radical (unpaired) electrons. The van der Waals surface area contributed by atoms with Gasteiger partial charge in [0.25, 0.3) is 0 Å². The minimum absolute atomic E-state index is 0.121. The first kappa shape index (κ1) is 26.6. The van der Waals surface area contributed by atoms with Crippen molar-refractivity contribution in [2.24, 2.45) is 0 Å². The van der Waals surface area contributed by atoms with Crippen molar-refractivity contribution in [1.82, 2.24) is 10.2 Å². The van der Waals surface area contributed by atoms with Crippen LogP contribution < -0.4 is 9.62 Å². The summed E-state index contributed by atoms with van der Waals surface area (Å²) in [4.78, 5) is 27.3. The van der Waals surface area contributed by atoms with Crippen LogP contribution in [0.15, 0.2) is 48.5 Å². The van der Waals surface area contributed by atoms with Gasteiger partial charge in [0.15, 0.2) is 0 Å². The lowest BCUT2D eigenvalue weighted by atomic mass is 10.1. The van der Waals surface area contributed by atoms with Gasteiger partial charge >= 0.3 is 0 Å². The number of nitrogens with zero attached hydrogens (tertiary/aromatic N) is 2. The van der Waals surface area contributed by atoms with E-state index in [-0.39, 0.29) is 23.8 Å². The maximum Gasteiger partial charge on any atom is 0.244 e. The Balaban J connectivity index is 2.40. The molecule has 7 nitrogen and oxygen atoms in total. The summed E-state index contributed by atoms with van der Waals surface area (Å²) < 4.78 is 40.2. The van der Waals surface area contributed by atoms with Crippen LogP contribution in [0.25, 0.3) is 0 Å². The number of sulfonamides is 1. The Labute approximate surface area is 199 Å². The standard InChI is InChI=1S/C23H29ClFN3O4S/c1-5-16(2)26-23(30)17(3)27(14-18-9-6-7-12-21(18)25)22(29)15-28(33(4,31)32)20-11-8-10-19(24)13-20/h6-13,16-17H,5,14-15H2,1-4H3,(H,26,30)/t16-,17-/m1/s1. The molecular formula is C23H29ClFN3O4S. The lowest BCUT2D eigenvalue weighted by Crippen LogP contribution is -2.52. The van der Waals surface area contributed by atoms with E-state index in [4.69, 9.17) is 11.6 Å². The Morgan fingerprint density at radius 3 is 2.36 bits per heavy atom. The molecule has 2 aromatic rings. The van der Waals surface area contributed by atoms with Crippen molar-refractivity contribution in [3.8, 4) is 0 Å². The highest BCUT2D eigenvalue weighted by Gasteiger charge is 2.31. The van der Waals surface area contributed by atoms with Crippen LogP contribution in [0.2, 0.25) is 5.02 Å². The van der Waals surface area contributed by atoms with Gasteiger partial charge in [-0.25, -0.2) is 12.8 Å². The lowest BCUT2D eigenvalue weighted by molar-refractivity contribution is -0.139. The molecule has 0 aliphatic heterocycles. The second kappa shape index (κ2) is 11.5. The monoisotopic (exact) mass is 497 g/mol. The van der Waals surface area contributed by atoms with Crippen LogP contribution in [0.5, 0.6) is 0 Å². The van der Waals surface area contributed by atoms with E-state index in [9.17, 15) is 22.4 Å². The van der Waals surface area contributed by atoms with E-state index in [0.29, 0.717) is 11.4 Å². The Morgan fingerprint density at radius 1 is 1.12 bits per heavy atom. The van der Waals surface area contributed by atoms with Crippen molar-refractivity contribution < 1.29 is 22.4 Å². The van der Waals surface area contributed by atoms with Crippen LogP contribution in [0.3, 0.4) is 0 Å². The zero-order chi connectivity index (χ0) is 24.8. The summed E-state index contributed by atoms with van der Waals surface area (Å²) in [6, 6.07) is 10.9. The third kappa shape index (κ3) is 7.43. The summed E-state index contributed by atoms with van der Waals surface area (Å²) in [5, 5.41) is 3.12. The van der Waals surface area contributed by atoms with E-state index in [1.807, 2.05) is 13.8 Å². The van der Waals surface area contributed by atoms with E-state index >= 15 is 0 Å². The summed E-state index contributed by atoms with van der Waals surface area (Å²) in [6.07, 6.45) is 1.66. The van der Waals surface area contributed by atoms with Gasteiger partial charge < -0.3 is 10.2 Å². The fraction of sp³-hybridized carbons (Fsp3) is 0.391. The van der Waals surface area contributed by atoms with Gasteiger partial charge in [0.1, 0.15) is 18.4 Å². The van der Waals surface area contributed by atoms with Crippen LogP contribution in [0.1, 0.15) is 32.8 Å². The highest BCUT2D eigenvalue weighted by molar-refractivity contribution is 7.92. The molecule has 2 atom stereocenters. The summed E-state index contributed by atoms with van der Waals surface area (Å²) in [6.45, 7) is 4.49. The first-order valence-corrected chi connectivity index (χ1v) is 12.7. The molecule has 0 aromatic heterocycles. The largest absolute Gasteiger partial charge is 0.352 e. The van der Waals surface area contributed by atoms with Crippen molar-refractivity contribution in [3.63, 3.8) is 0 Å². The molecule has 0 aliphatic rings. The minimum Gasteiger partial charge on any atom is -0.352 e. The number of carbonyl (C=O) groups is 2. The number of benzene rings is 2. The van der Waals surface area contributed by atoms with E-state index in [0.717, 1.165) is 10.6 Å². The van der Waals surface area contributed by atoms with Crippen LogP contribution in [0.4, 0.5) is 10.1 Å². The molecule has 0 aliphatic carbocycles. The SMILES string of the molecule is CC[C@@H](C)NC(=O)[C@@H](C)N(Cc1ccccc1F)C(=O)CN(c1cccc(Cl)c1)S(C)(=O)=O. The average molecular weight is 498 g/mol. The van der Waals surface area contributed by atoms with Gasteiger partial charge in [0.2, 0.25) is 21.8 Å². The fourth-order valence-electron chi connectivity index (χ4n) is 3.10. The predicted octanol–water partition coefficient (Wildman–Crippen LogP) is 3.58. The zero-order valence-corrected chi connectivity index (χ0v) is 20.7. The maximum absolute atomic E-state index is 14.3. The van der Waals surface area contributed by atoms with E-state index in [2.05, 4.69) is 5.32 Å². The minimum atomic E-state index is -3.86. The number of nitrogens with one attached hydrogen (secondary N) is 1. The highest BCUT2D eigenvalue weighted by atomic mass is 35.5. The van der Waals surface area contributed by atoms with Gasteiger partial charge in [-0.3, -0.25) is 13.9 Å². The molecule has 10 heteroatoms. The molecule has 0 unspecified atom stereocenters. The fourth-order valence-corrected chi connectivity index (χ4v) is 4.13. The van der Waals surface area contributed by atoms with Crippen LogP contribution in [-0.4, -0.2) is 50.0 Å². The van der Waals surface area contributed by atoms with Crippen LogP contribution >= 0.6 is 11.6 Å². The van der Waals surface area contributed by atoms with Gasteiger partial charge in [-0.05, 0) is 44.5 Å². The lowest BCUT2D eigenvalue weighted by Gasteiger charge is -2.32. The van der Waals surface area contributed by atoms with Crippen molar-refractivity contribution in [2.45, 2.75) is 45.8 Å². The van der Waals surface area contributed by atoms with Crippen molar-refractivity contribution in [2.75, 3.05) is 17.1 Å². The normalized spacial score (nSPS) is 13.2. The molecule has 33 heavy (non-hydrogen) atoms.